The summed E-state index contributed by atoms with van der Waals surface area (Å²) in [5.41, 5.74) is 6.12. The number of benzene rings is 1. The fourth-order valence-corrected chi connectivity index (χ4v) is 5.07. The molecule has 32 heavy (non-hydrogen) atoms. The second-order valence-electron chi connectivity index (χ2n) is 7.61. The summed E-state index contributed by atoms with van der Waals surface area (Å²) in [6, 6.07) is 10.2. The summed E-state index contributed by atoms with van der Waals surface area (Å²) in [6.07, 6.45) is 0. The maximum Gasteiger partial charge on any atom is 0.238 e. The van der Waals surface area contributed by atoms with Gasteiger partial charge in [0, 0.05) is 28.3 Å². The summed E-state index contributed by atoms with van der Waals surface area (Å²) < 4.78 is 24.9. The molecule has 0 atom stereocenters. The van der Waals surface area contributed by atoms with Crippen LogP contribution in [-0.2, 0) is 10.0 Å². The Kier molecular flexibility index (Phi) is 6.60. The van der Waals surface area contributed by atoms with Crippen molar-refractivity contribution in [2.24, 2.45) is 5.14 Å². The number of nitriles is 1. The second-order valence-corrected chi connectivity index (χ2v) is 10.1. The molecule has 0 fully saturated rings. The summed E-state index contributed by atoms with van der Waals surface area (Å²) >= 11 is 1.26. The Hall–Kier alpha value is -2.93. The molecule has 0 radical (unpaired) electrons. The molecule has 1 aromatic carbocycles. The van der Waals surface area contributed by atoms with E-state index in [4.69, 9.17) is 5.14 Å². The van der Waals surface area contributed by atoms with Crippen molar-refractivity contribution in [1.82, 2.24) is 9.55 Å². The molecule has 3 rings (SSSR count). The number of ketones is 1. The van der Waals surface area contributed by atoms with Gasteiger partial charge in [0.25, 0.3) is 0 Å². The smallest absolute Gasteiger partial charge is 0.238 e. The monoisotopic (exact) mass is 468 g/mol. The third-order valence-electron chi connectivity index (χ3n) is 5.57. The lowest BCUT2D eigenvalue weighted by molar-refractivity contribution is 0.102. The van der Waals surface area contributed by atoms with Crippen molar-refractivity contribution in [1.29, 1.82) is 5.26 Å². The van der Waals surface area contributed by atoms with Crippen molar-refractivity contribution in [2.75, 3.05) is 5.75 Å². The first-order chi connectivity index (χ1) is 15.0. The van der Waals surface area contributed by atoms with Gasteiger partial charge in [-0.15, -0.1) is 0 Å². The molecular weight excluding hydrogens is 444 g/mol. The number of Topliss-reactive ketones (excluding diaryl/α,β-unsaturated/α-hetero) is 1. The molecule has 2 heterocycles. The van der Waals surface area contributed by atoms with Crippen LogP contribution < -0.4 is 5.14 Å². The van der Waals surface area contributed by atoms with Gasteiger partial charge < -0.3 is 4.57 Å². The largest absolute Gasteiger partial charge is 0.318 e. The lowest BCUT2D eigenvalue weighted by Gasteiger charge is -2.11. The number of rotatable bonds is 6. The summed E-state index contributed by atoms with van der Waals surface area (Å²) in [4.78, 5) is 17.6. The minimum Gasteiger partial charge on any atom is -0.318 e. The third kappa shape index (κ3) is 4.48. The number of aryl methyl sites for hydroxylation is 2. The molecule has 0 bridgehead atoms. The van der Waals surface area contributed by atoms with Gasteiger partial charge in [0.1, 0.15) is 11.1 Å². The summed E-state index contributed by atoms with van der Waals surface area (Å²) in [7, 11) is -3.77. The molecule has 0 saturated heterocycles. The normalized spacial score (nSPS) is 11.4. The van der Waals surface area contributed by atoms with E-state index in [1.54, 1.807) is 12.1 Å². The highest BCUT2D eigenvalue weighted by Crippen LogP contribution is 2.28. The van der Waals surface area contributed by atoms with Crippen LogP contribution in [0, 0.1) is 45.9 Å². The average molecular weight is 469 g/mol. The summed E-state index contributed by atoms with van der Waals surface area (Å²) in [6.45, 7) is 9.44. The highest BCUT2D eigenvalue weighted by Gasteiger charge is 2.19. The van der Waals surface area contributed by atoms with Gasteiger partial charge in [-0.3, -0.25) is 4.79 Å². The molecule has 0 spiro atoms. The molecule has 166 valence electrons. The van der Waals surface area contributed by atoms with Crippen molar-refractivity contribution >= 4 is 27.6 Å². The maximum atomic E-state index is 13.0. The number of sulfonamides is 1. The quantitative estimate of drug-likeness (QED) is 0.433. The Balaban J connectivity index is 1.88. The Labute approximate surface area is 192 Å². The number of nitrogens with zero attached hydrogens (tertiary/aromatic N) is 3. The lowest BCUT2D eigenvalue weighted by Crippen LogP contribution is -2.12. The predicted octanol–water partition coefficient (Wildman–Crippen LogP) is 3.91. The van der Waals surface area contributed by atoms with Crippen molar-refractivity contribution in [3.63, 3.8) is 0 Å². The predicted molar refractivity (Wildman–Crippen MR) is 125 cm³/mol. The minimum atomic E-state index is -3.77. The Morgan fingerprint density at radius 2 is 1.75 bits per heavy atom. The van der Waals surface area contributed by atoms with Gasteiger partial charge in [0.15, 0.2) is 5.78 Å². The molecule has 0 aliphatic carbocycles. The van der Waals surface area contributed by atoms with E-state index in [1.165, 1.54) is 23.9 Å². The van der Waals surface area contributed by atoms with Gasteiger partial charge >= 0.3 is 0 Å². The lowest BCUT2D eigenvalue weighted by atomic mass is 10.1. The van der Waals surface area contributed by atoms with Crippen LogP contribution in [0.15, 0.2) is 40.3 Å². The number of aromatic nitrogens is 2. The van der Waals surface area contributed by atoms with Crippen molar-refractivity contribution in [3.8, 4) is 11.8 Å². The van der Waals surface area contributed by atoms with Gasteiger partial charge in [-0.1, -0.05) is 11.8 Å². The Bertz CT molecular complexity index is 1370. The molecule has 2 N–H and O–H groups in total. The van der Waals surface area contributed by atoms with E-state index < -0.39 is 10.0 Å². The van der Waals surface area contributed by atoms with E-state index in [-0.39, 0.29) is 16.4 Å². The molecule has 0 amide bonds. The van der Waals surface area contributed by atoms with Crippen LogP contribution in [-0.4, -0.2) is 29.5 Å². The zero-order valence-corrected chi connectivity index (χ0v) is 20.2. The Morgan fingerprint density at radius 3 is 2.31 bits per heavy atom. The first-order valence-corrected chi connectivity index (χ1v) is 12.3. The van der Waals surface area contributed by atoms with Gasteiger partial charge in [-0.05, 0) is 76.1 Å². The molecule has 3 aromatic rings. The van der Waals surface area contributed by atoms with Crippen LogP contribution in [0.5, 0.6) is 0 Å². The molecule has 0 aliphatic rings. The van der Waals surface area contributed by atoms with E-state index >= 15 is 0 Å². The van der Waals surface area contributed by atoms with Gasteiger partial charge in [-0.2, -0.15) is 5.26 Å². The molecule has 0 saturated carbocycles. The molecule has 0 aliphatic heterocycles. The van der Waals surface area contributed by atoms with E-state index in [0.717, 1.165) is 33.9 Å². The van der Waals surface area contributed by atoms with Crippen LogP contribution in [0.25, 0.3) is 5.69 Å². The van der Waals surface area contributed by atoms with E-state index in [1.807, 2.05) is 45.3 Å². The number of carbonyl (C=O) groups is 1. The fraction of sp³-hybridized carbons (Fsp3) is 0.261. The van der Waals surface area contributed by atoms with Crippen LogP contribution in [0.2, 0.25) is 0 Å². The zero-order valence-electron chi connectivity index (χ0n) is 18.6. The third-order valence-corrected chi connectivity index (χ3v) is 7.47. The number of carbonyl (C=O) groups excluding carboxylic acids is 1. The van der Waals surface area contributed by atoms with Crippen molar-refractivity contribution in [2.45, 2.75) is 44.5 Å². The average Bonchev–Trinajstić information content (AvgIpc) is 3.03. The molecule has 0 unspecified atom stereocenters. The second kappa shape index (κ2) is 8.90. The standard InChI is InChI=1S/C23H24N4O3S2/c1-13-10-20(17(5)27(13)18-6-8-19(9-7-18)32(25,29)30)22(28)12-31-23-21(11-24)15(3)14(2)16(4)26-23/h6-10H,12H2,1-5H3,(H2,25,29,30). The van der Waals surface area contributed by atoms with E-state index in [9.17, 15) is 18.5 Å². The van der Waals surface area contributed by atoms with Crippen molar-refractivity contribution in [3.05, 3.63) is 69.7 Å². The molecular formula is C23H24N4O3S2. The zero-order chi connectivity index (χ0) is 23.8. The molecule has 2 aromatic heterocycles. The maximum absolute atomic E-state index is 13.0. The topological polar surface area (TPSA) is 119 Å². The number of hydrogen-bond acceptors (Lipinski definition) is 6. The first-order valence-electron chi connectivity index (χ1n) is 9.81. The molecule has 9 heteroatoms. The summed E-state index contributed by atoms with van der Waals surface area (Å²) in [5, 5.41) is 15.3. The van der Waals surface area contributed by atoms with Gasteiger partial charge in [0.2, 0.25) is 10.0 Å². The number of primary sulfonamides is 1. The molecule has 7 nitrogen and oxygen atoms in total. The fourth-order valence-electron chi connectivity index (χ4n) is 3.59. The number of thioether (sulfide) groups is 1. The van der Waals surface area contributed by atoms with Gasteiger partial charge in [0.05, 0.1) is 16.2 Å². The van der Waals surface area contributed by atoms with Crippen LogP contribution >= 0.6 is 11.8 Å². The van der Waals surface area contributed by atoms with Crippen LogP contribution in [0.1, 0.15) is 44.1 Å². The highest BCUT2D eigenvalue weighted by molar-refractivity contribution is 8.00. The Morgan fingerprint density at radius 1 is 1.12 bits per heavy atom. The summed E-state index contributed by atoms with van der Waals surface area (Å²) in [5.74, 6) is 0.0789. The van der Waals surface area contributed by atoms with Crippen LogP contribution in [0.3, 0.4) is 0 Å². The SMILES string of the molecule is Cc1nc(SCC(=O)c2cc(C)n(-c3ccc(S(N)(=O)=O)cc3)c2C)c(C#N)c(C)c1C. The van der Waals surface area contributed by atoms with Crippen molar-refractivity contribution < 1.29 is 13.2 Å². The van der Waals surface area contributed by atoms with E-state index in [2.05, 4.69) is 11.1 Å². The number of hydrogen-bond donors (Lipinski definition) is 1. The number of pyridine rings is 1. The first kappa shape index (κ1) is 23.7. The van der Waals surface area contributed by atoms with Crippen LogP contribution in [0.4, 0.5) is 0 Å². The minimum absolute atomic E-state index is 0.0286. The van der Waals surface area contributed by atoms with Gasteiger partial charge in [-0.25, -0.2) is 18.5 Å². The number of nitrogens with two attached hydrogens (primary N) is 1. The van der Waals surface area contributed by atoms with E-state index in [0.29, 0.717) is 16.2 Å². The highest BCUT2D eigenvalue weighted by atomic mass is 32.2.